The van der Waals surface area contributed by atoms with Crippen LogP contribution in [-0.4, -0.2) is 36.2 Å². The molecule has 0 aliphatic carbocycles. The minimum Gasteiger partial charge on any atom is -0.381 e. The summed E-state index contributed by atoms with van der Waals surface area (Å²) in [6.07, 6.45) is 9.55. The summed E-state index contributed by atoms with van der Waals surface area (Å²) in [4.78, 5) is 5.88. The Morgan fingerprint density at radius 3 is 2.95 bits per heavy atom. The summed E-state index contributed by atoms with van der Waals surface area (Å²) in [5.74, 6) is -0.507. The van der Waals surface area contributed by atoms with Gasteiger partial charge in [0.15, 0.2) is 0 Å². The molecule has 1 aromatic rings. The summed E-state index contributed by atoms with van der Waals surface area (Å²) in [7, 11) is 0. The van der Waals surface area contributed by atoms with Crippen LogP contribution in [0.5, 0.6) is 0 Å². The predicted molar refractivity (Wildman–Crippen MR) is 86.1 cm³/mol. The first kappa shape index (κ1) is 15.5. The lowest BCUT2D eigenvalue weighted by Gasteiger charge is -2.40. The number of nitrogens with zero attached hydrogens (tertiary/aromatic N) is 2. The molecule has 0 N–H and O–H groups in total. The van der Waals surface area contributed by atoms with Gasteiger partial charge in [0.2, 0.25) is 5.95 Å². The molecule has 3 nitrogen and oxygen atoms in total. The van der Waals surface area contributed by atoms with Crippen LogP contribution in [0.3, 0.4) is 0 Å². The summed E-state index contributed by atoms with van der Waals surface area (Å²) in [6, 6.07) is 1.41. The Hall–Kier alpha value is -1.39. The number of rotatable bonds is 3. The molecule has 0 spiro atoms. The molecule has 118 valence electrons. The van der Waals surface area contributed by atoms with Crippen molar-refractivity contribution in [1.82, 2.24) is 9.88 Å². The van der Waals surface area contributed by atoms with Gasteiger partial charge in [0.05, 0.1) is 5.02 Å². The van der Waals surface area contributed by atoms with Crippen molar-refractivity contribution in [3.8, 4) is 0 Å². The number of hydrogen-bond acceptors (Lipinski definition) is 3. The molecule has 3 heterocycles. The van der Waals surface area contributed by atoms with E-state index in [1.807, 2.05) is 12.2 Å². The van der Waals surface area contributed by atoms with E-state index in [9.17, 15) is 4.39 Å². The Kier molecular flexibility index (Phi) is 4.50. The van der Waals surface area contributed by atoms with Crippen molar-refractivity contribution >= 4 is 17.3 Å². The molecule has 0 bridgehead atoms. The summed E-state index contributed by atoms with van der Waals surface area (Å²) in [5.41, 5.74) is 1.87. The van der Waals surface area contributed by atoms with E-state index in [4.69, 9.17) is 16.3 Å². The van der Waals surface area contributed by atoms with Gasteiger partial charge in [-0.1, -0.05) is 30.7 Å². The molecule has 0 radical (unpaired) electrons. The molecule has 1 saturated heterocycles. The molecular weight excluding hydrogens is 303 g/mol. The van der Waals surface area contributed by atoms with E-state index in [0.717, 1.165) is 44.8 Å². The number of halogens is 2. The lowest BCUT2D eigenvalue weighted by molar-refractivity contribution is 0.0139. The van der Waals surface area contributed by atoms with Gasteiger partial charge in [0, 0.05) is 49.8 Å². The fraction of sp³-hybridized carbons (Fsp3) is 0.471. The van der Waals surface area contributed by atoms with E-state index in [2.05, 4.69) is 22.9 Å². The van der Waals surface area contributed by atoms with E-state index in [1.54, 1.807) is 0 Å². The number of allylic oxidation sites excluding steroid dienone is 2. The van der Waals surface area contributed by atoms with E-state index in [0.29, 0.717) is 10.6 Å². The maximum atomic E-state index is 13.5. The van der Waals surface area contributed by atoms with Crippen molar-refractivity contribution < 1.29 is 9.13 Å². The smallest absolute Gasteiger partial charge is 0.213 e. The van der Waals surface area contributed by atoms with Gasteiger partial charge >= 0.3 is 0 Å². The van der Waals surface area contributed by atoms with Crippen molar-refractivity contribution in [2.24, 2.45) is 5.41 Å². The molecule has 3 rings (SSSR count). The highest BCUT2D eigenvalue weighted by Gasteiger charge is 2.31. The van der Waals surface area contributed by atoms with Gasteiger partial charge in [0.25, 0.3) is 0 Å². The van der Waals surface area contributed by atoms with Crippen LogP contribution in [-0.2, 0) is 4.74 Å². The second-order valence-electron chi connectivity index (χ2n) is 6.27. The van der Waals surface area contributed by atoms with E-state index >= 15 is 0 Å². The largest absolute Gasteiger partial charge is 0.381 e. The predicted octanol–water partition coefficient (Wildman–Crippen LogP) is 3.90. The van der Waals surface area contributed by atoms with Gasteiger partial charge in [-0.05, 0) is 24.3 Å². The average Bonchev–Trinajstić information content (AvgIpc) is 2.51. The van der Waals surface area contributed by atoms with E-state index < -0.39 is 5.95 Å². The van der Waals surface area contributed by atoms with E-state index in [1.165, 1.54) is 12.3 Å². The van der Waals surface area contributed by atoms with Crippen molar-refractivity contribution in [3.05, 3.63) is 47.0 Å². The third-order valence-electron chi connectivity index (χ3n) is 4.43. The number of pyridine rings is 1. The summed E-state index contributed by atoms with van der Waals surface area (Å²) >= 11 is 6.23. The van der Waals surface area contributed by atoms with Crippen LogP contribution in [0.15, 0.2) is 30.5 Å². The van der Waals surface area contributed by atoms with Gasteiger partial charge < -0.3 is 9.64 Å². The Bertz CT molecular complexity index is 609. The molecule has 2 aliphatic rings. The van der Waals surface area contributed by atoms with Gasteiger partial charge in [-0.3, -0.25) is 0 Å². The molecule has 22 heavy (non-hydrogen) atoms. The molecule has 0 aromatic carbocycles. The Balaban J connectivity index is 1.86. The Morgan fingerprint density at radius 1 is 1.41 bits per heavy atom. The molecule has 0 unspecified atom stereocenters. The van der Waals surface area contributed by atoms with Crippen molar-refractivity contribution in [2.75, 3.05) is 26.3 Å². The minimum absolute atomic E-state index is 0.209. The van der Waals surface area contributed by atoms with Crippen LogP contribution in [0.2, 0.25) is 5.02 Å². The molecule has 0 atom stereocenters. The van der Waals surface area contributed by atoms with Crippen molar-refractivity contribution in [3.63, 3.8) is 0 Å². The van der Waals surface area contributed by atoms with Crippen molar-refractivity contribution in [1.29, 1.82) is 0 Å². The Morgan fingerprint density at radius 2 is 2.18 bits per heavy atom. The zero-order valence-electron chi connectivity index (χ0n) is 12.7. The monoisotopic (exact) mass is 322 g/mol. The number of hydrogen-bond donors (Lipinski definition) is 0. The molecular formula is C17H20ClFN2O. The molecule has 0 amide bonds. The van der Waals surface area contributed by atoms with Gasteiger partial charge in [0.1, 0.15) is 0 Å². The second-order valence-corrected chi connectivity index (χ2v) is 6.68. The maximum absolute atomic E-state index is 13.5. The molecule has 1 aromatic heterocycles. The Labute approximate surface area is 135 Å². The second kappa shape index (κ2) is 6.39. The first-order chi connectivity index (χ1) is 10.6. The van der Waals surface area contributed by atoms with E-state index in [-0.39, 0.29) is 5.41 Å². The maximum Gasteiger partial charge on any atom is 0.213 e. The van der Waals surface area contributed by atoms with Crippen LogP contribution in [0, 0.1) is 11.4 Å². The number of aromatic nitrogens is 1. The summed E-state index contributed by atoms with van der Waals surface area (Å²) in [6.45, 7) is 5.63. The van der Waals surface area contributed by atoms with Gasteiger partial charge in [-0.2, -0.15) is 4.39 Å². The summed E-state index contributed by atoms with van der Waals surface area (Å²) < 4.78 is 19.0. The first-order valence-electron chi connectivity index (χ1n) is 7.58. The van der Waals surface area contributed by atoms with Crippen LogP contribution in [0.1, 0.15) is 25.3 Å². The van der Waals surface area contributed by atoms with Crippen molar-refractivity contribution in [2.45, 2.75) is 19.8 Å². The van der Waals surface area contributed by atoms with Crippen LogP contribution in [0.4, 0.5) is 4.39 Å². The average molecular weight is 323 g/mol. The quantitative estimate of drug-likeness (QED) is 0.789. The van der Waals surface area contributed by atoms with Crippen LogP contribution in [0.25, 0.3) is 5.70 Å². The molecule has 5 heteroatoms. The highest BCUT2D eigenvalue weighted by molar-refractivity contribution is 6.32. The minimum atomic E-state index is -0.507. The van der Waals surface area contributed by atoms with Gasteiger partial charge in [-0.15, -0.1) is 0 Å². The molecule has 1 fully saturated rings. The highest BCUT2D eigenvalue weighted by atomic mass is 35.5. The topological polar surface area (TPSA) is 25.4 Å². The number of ether oxygens (including phenoxy) is 1. The van der Waals surface area contributed by atoms with Crippen LogP contribution < -0.4 is 0 Å². The SMILES string of the molecule is CC1(CN2CC=CC=C2c2cc(F)ncc2Cl)CCOCC1. The normalized spacial score (nSPS) is 20.9. The fourth-order valence-corrected chi connectivity index (χ4v) is 3.25. The summed E-state index contributed by atoms with van der Waals surface area (Å²) in [5, 5.41) is 0.477. The third kappa shape index (κ3) is 3.33. The zero-order chi connectivity index (χ0) is 15.6. The molecule has 2 aliphatic heterocycles. The van der Waals surface area contributed by atoms with Crippen LogP contribution >= 0.6 is 11.6 Å². The zero-order valence-corrected chi connectivity index (χ0v) is 13.4. The standard InChI is InChI=1S/C17H20ClFN2O/c1-17(5-8-22-9-6-17)12-21-7-3-2-4-15(21)13-10-16(19)20-11-14(13)18/h2-4,10-11H,5-9,12H2,1H3. The lowest BCUT2D eigenvalue weighted by Crippen LogP contribution is -2.39. The highest BCUT2D eigenvalue weighted by Crippen LogP contribution is 2.35. The third-order valence-corrected chi connectivity index (χ3v) is 4.73. The fourth-order valence-electron chi connectivity index (χ4n) is 3.05. The first-order valence-corrected chi connectivity index (χ1v) is 7.96. The molecule has 0 saturated carbocycles. The van der Waals surface area contributed by atoms with Gasteiger partial charge in [-0.25, -0.2) is 4.98 Å². The lowest BCUT2D eigenvalue weighted by atomic mass is 9.81.